The molecule has 1 unspecified atom stereocenters. The van der Waals surface area contributed by atoms with Crippen LogP contribution in [0.25, 0.3) is 0 Å². The van der Waals surface area contributed by atoms with E-state index < -0.39 is 10.7 Å². The SMILES string of the molecule is Cc1c(F)ccc([N+](=O)[O-])c1N1CC(CN)CC1=O. The first-order chi connectivity index (χ1) is 8.95. The first-order valence-electron chi connectivity index (χ1n) is 5.89. The first kappa shape index (κ1) is 13.4. The van der Waals surface area contributed by atoms with Gasteiger partial charge in [0.05, 0.1) is 4.92 Å². The maximum atomic E-state index is 13.6. The number of nitro benzene ring substituents is 1. The van der Waals surface area contributed by atoms with Crippen LogP contribution in [0.5, 0.6) is 0 Å². The van der Waals surface area contributed by atoms with Gasteiger partial charge in [0.15, 0.2) is 0 Å². The third-order valence-corrected chi connectivity index (χ3v) is 3.35. The summed E-state index contributed by atoms with van der Waals surface area (Å²) in [5.41, 5.74) is 5.41. The normalized spacial score (nSPS) is 19.0. The number of hydrogen-bond donors (Lipinski definition) is 1. The van der Waals surface area contributed by atoms with Crippen molar-refractivity contribution in [2.75, 3.05) is 18.0 Å². The number of rotatable bonds is 3. The summed E-state index contributed by atoms with van der Waals surface area (Å²) in [5, 5.41) is 11.0. The Balaban J connectivity index is 2.52. The number of carbonyl (C=O) groups is 1. The monoisotopic (exact) mass is 267 g/mol. The Morgan fingerprint density at radius 1 is 1.58 bits per heavy atom. The summed E-state index contributed by atoms with van der Waals surface area (Å²) in [6.07, 6.45) is 0.240. The largest absolute Gasteiger partial charge is 0.330 e. The third-order valence-electron chi connectivity index (χ3n) is 3.35. The highest BCUT2D eigenvalue weighted by molar-refractivity contribution is 5.98. The Labute approximate surface area is 109 Å². The van der Waals surface area contributed by atoms with Gasteiger partial charge in [-0.25, -0.2) is 4.39 Å². The minimum absolute atomic E-state index is 0.0465. The second kappa shape index (κ2) is 4.93. The van der Waals surface area contributed by atoms with Gasteiger partial charge in [0.25, 0.3) is 5.69 Å². The summed E-state index contributed by atoms with van der Waals surface area (Å²) in [6.45, 7) is 2.05. The zero-order valence-electron chi connectivity index (χ0n) is 10.4. The Bertz CT molecular complexity index is 547. The van der Waals surface area contributed by atoms with Crippen molar-refractivity contribution in [3.63, 3.8) is 0 Å². The number of anilines is 1. The number of hydrogen-bond acceptors (Lipinski definition) is 4. The van der Waals surface area contributed by atoms with Gasteiger partial charge in [0.2, 0.25) is 5.91 Å². The summed E-state index contributed by atoms with van der Waals surface area (Å²) >= 11 is 0. The van der Waals surface area contributed by atoms with E-state index in [4.69, 9.17) is 5.73 Å². The molecular formula is C12H14FN3O3. The van der Waals surface area contributed by atoms with E-state index in [0.717, 1.165) is 12.1 Å². The molecule has 2 rings (SSSR count). The Kier molecular flexibility index (Phi) is 3.48. The second-order valence-electron chi connectivity index (χ2n) is 4.61. The lowest BCUT2D eigenvalue weighted by molar-refractivity contribution is -0.384. The molecule has 0 spiro atoms. The molecule has 1 saturated heterocycles. The van der Waals surface area contributed by atoms with E-state index in [1.54, 1.807) is 0 Å². The average molecular weight is 267 g/mol. The fourth-order valence-electron chi connectivity index (χ4n) is 2.30. The van der Waals surface area contributed by atoms with Crippen molar-refractivity contribution >= 4 is 17.3 Å². The van der Waals surface area contributed by atoms with E-state index in [-0.39, 0.29) is 35.2 Å². The lowest BCUT2D eigenvalue weighted by atomic mass is 10.1. The van der Waals surface area contributed by atoms with E-state index in [9.17, 15) is 19.3 Å². The lowest BCUT2D eigenvalue weighted by Crippen LogP contribution is -2.27. The summed E-state index contributed by atoms with van der Waals surface area (Å²) in [7, 11) is 0. The molecule has 2 N–H and O–H groups in total. The zero-order valence-corrected chi connectivity index (χ0v) is 10.4. The van der Waals surface area contributed by atoms with Crippen molar-refractivity contribution in [1.82, 2.24) is 0 Å². The maximum Gasteiger partial charge on any atom is 0.293 e. The van der Waals surface area contributed by atoms with Gasteiger partial charge < -0.3 is 10.6 Å². The predicted molar refractivity (Wildman–Crippen MR) is 67.3 cm³/mol. The third kappa shape index (κ3) is 2.28. The molecule has 1 aliphatic heterocycles. The standard InChI is InChI=1S/C12H14FN3O3/c1-7-9(13)2-3-10(16(18)19)12(7)15-6-8(5-14)4-11(15)17/h2-3,8H,4-6,14H2,1H3. The number of nitrogens with two attached hydrogens (primary N) is 1. The highest BCUT2D eigenvalue weighted by atomic mass is 19.1. The van der Waals surface area contributed by atoms with Gasteiger partial charge in [0, 0.05) is 24.6 Å². The summed E-state index contributed by atoms with van der Waals surface area (Å²) in [5.74, 6) is -0.869. The van der Waals surface area contributed by atoms with Crippen molar-refractivity contribution in [1.29, 1.82) is 0 Å². The van der Waals surface area contributed by atoms with E-state index >= 15 is 0 Å². The molecule has 1 fully saturated rings. The second-order valence-corrected chi connectivity index (χ2v) is 4.61. The van der Waals surface area contributed by atoms with Crippen LogP contribution in [0.4, 0.5) is 15.8 Å². The van der Waals surface area contributed by atoms with Crippen molar-refractivity contribution < 1.29 is 14.1 Å². The maximum absolute atomic E-state index is 13.6. The summed E-state index contributed by atoms with van der Waals surface area (Å²) < 4.78 is 13.6. The van der Waals surface area contributed by atoms with Crippen LogP contribution in [0, 0.1) is 28.8 Å². The fourth-order valence-corrected chi connectivity index (χ4v) is 2.30. The van der Waals surface area contributed by atoms with Crippen molar-refractivity contribution in [3.05, 3.63) is 33.6 Å². The van der Waals surface area contributed by atoms with Crippen LogP contribution < -0.4 is 10.6 Å². The zero-order chi connectivity index (χ0) is 14.2. The molecule has 1 amide bonds. The van der Waals surface area contributed by atoms with Gasteiger partial charge in [0.1, 0.15) is 11.5 Å². The number of nitrogens with zero attached hydrogens (tertiary/aromatic N) is 2. The van der Waals surface area contributed by atoms with Gasteiger partial charge in [-0.3, -0.25) is 14.9 Å². The molecule has 0 aromatic heterocycles. The first-order valence-corrected chi connectivity index (χ1v) is 5.89. The van der Waals surface area contributed by atoms with Gasteiger partial charge in [-0.2, -0.15) is 0 Å². The van der Waals surface area contributed by atoms with Crippen LogP contribution in [0.3, 0.4) is 0 Å². The quantitative estimate of drug-likeness (QED) is 0.661. The molecule has 0 saturated carbocycles. The molecule has 102 valence electrons. The molecule has 0 bridgehead atoms. The number of benzene rings is 1. The van der Waals surface area contributed by atoms with Crippen LogP contribution in [-0.4, -0.2) is 23.9 Å². The van der Waals surface area contributed by atoms with Gasteiger partial charge in [-0.1, -0.05) is 0 Å². The van der Waals surface area contributed by atoms with Gasteiger partial charge in [-0.15, -0.1) is 0 Å². The van der Waals surface area contributed by atoms with E-state index in [0.29, 0.717) is 13.1 Å². The smallest absolute Gasteiger partial charge is 0.293 e. The molecule has 7 heteroatoms. The summed E-state index contributed by atoms with van der Waals surface area (Å²) in [4.78, 5) is 23.6. The Hall–Kier alpha value is -2.02. The molecule has 1 aromatic carbocycles. The van der Waals surface area contributed by atoms with Crippen LogP contribution in [0.2, 0.25) is 0 Å². The highest BCUT2D eigenvalue weighted by Crippen LogP contribution is 2.36. The van der Waals surface area contributed by atoms with Crippen molar-refractivity contribution in [2.45, 2.75) is 13.3 Å². The molecule has 1 atom stereocenters. The molecule has 1 aromatic rings. The highest BCUT2D eigenvalue weighted by Gasteiger charge is 2.35. The van der Waals surface area contributed by atoms with Crippen LogP contribution in [0.1, 0.15) is 12.0 Å². The van der Waals surface area contributed by atoms with Crippen LogP contribution in [-0.2, 0) is 4.79 Å². The van der Waals surface area contributed by atoms with Crippen molar-refractivity contribution in [3.8, 4) is 0 Å². The predicted octanol–water partition coefficient (Wildman–Crippen LogP) is 1.35. The summed E-state index contributed by atoms with van der Waals surface area (Å²) in [6, 6.07) is 2.12. The Morgan fingerprint density at radius 3 is 2.79 bits per heavy atom. The lowest BCUT2D eigenvalue weighted by Gasteiger charge is -2.19. The van der Waals surface area contributed by atoms with Crippen molar-refractivity contribution in [2.24, 2.45) is 11.7 Å². The molecule has 19 heavy (non-hydrogen) atoms. The number of nitro groups is 1. The van der Waals surface area contributed by atoms with Gasteiger partial charge in [-0.05, 0) is 25.5 Å². The number of amides is 1. The van der Waals surface area contributed by atoms with E-state index in [1.807, 2.05) is 0 Å². The average Bonchev–Trinajstić information content (AvgIpc) is 2.73. The minimum Gasteiger partial charge on any atom is -0.330 e. The van der Waals surface area contributed by atoms with Crippen LogP contribution >= 0.6 is 0 Å². The molecular weight excluding hydrogens is 253 g/mol. The minimum atomic E-state index is -0.606. The molecule has 0 radical (unpaired) electrons. The van der Waals surface area contributed by atoms with Gasteiger partial charge >= 0.3 is 0 Å². The molecule has 1 heterocycles. The molecule has 0 aliphatic carbocycles. The topological polar surface area (TPSA) is 89.5 Å². The fraction of sp³-hybridized carbons (Fsp3) is 0.417. The molecule has 6 nitrogen and oxygen atoms in total. The number of carbonyl (C=O) groups excluding carboxylic acids is 1. The molecule has 1 aliphatic rings. The van der Waals surface area contributed by atoms with E-state index in [1.165, 1.54) is 11.8 Å². The van der Waals surface area contributed by atoms with Crippen LogP contribution in [0.15, 0.2) is 12.1 Å². The number of halogens is 1. The van der Waals surface area contributed by atoms with E-state index in [2.05, 4.69) is 0 Å². The Morgan fingerprint density at radius 2 is 2.26 bits per heavy atom.